The number of benzene rings is 1. The molecule has 0 atom stereocenters. The number of carbonyl (C=O) groups is 1. The van der Waals surface area contributed by atoms with Gasteiger partial charge >= 0.3 is 0 Å². The number of rotatable bonds is 5. The fraction of sp³-hybridized carbons (Fsp3) is 0.348. The Balaban J connectivity index is 1.76. The van der Waals surface area contributed by atoms with Crippen molar-refractivity contribution in [2.45, 2.75) is 46.5 Å². The lowest BCUT2D eigenvalue weighted by atomic mass is 9.87. The summed E-state index contributed by atoms with van der Waals surface area (Å²) < 4.78 is 0. The molecule has 0 saturated heterocycles. The molecule has 8 heteroatoms. The molecule has 8 nitrogen and oxygen atoms in total. The van der Waals surface area contributed by atoms with Crippen LogP contribution in [0.5, 0.6) is 0 Å². The van der Waals surface area contributed by atoms with Crippen LogP contribution in [-0.2, 0) is 11.8 Å². The Morgan fingerprint density at radius 1 is 1.10 bits per heavy atom. The van der Waals surface area contributed by atoms with Gasteiger partial charge in [-0.25, -0.2) is 15.0 Å². The minimum Gasteiger partial charge on any atom is -0.348 e. The molecule has 31 heavy (non-hydrogen) atoms. The molecule has 2 aromatic heterocycles. The predicted molar refractivity (Wildman–Crippen MR) is 122 cm³/mol. The summed E-state index contributed by atoms with van der Waals surface area (Å²) in [6.07, 6.45) is 4.05. The number of aliphatic imine (C=N–C) groups is 1. The van der Waals surface area contributed by atoms with E-state index in [1.165, 1.54) is 5.56 Å². The van der Waals surface area contributed by atoms with Gasteiger partial charge in [0.15, 0.2) is 0 Å². The van der Waals surface area contributed by atoms with Gasteiger partial charge in [0, 0.05) is 41.8 Å². The van der Waals surface area contributed by atoms with E-state index in [1.807, 2.05) is 44.2 Å². The standard InChI is InChI=1S/C23H29N7O/c1-15-12-16(2)28-22(27-15)30-21(25-11-10-19-13-24-14-26-19)29-20(31)17-6-8-18(9-7-17)23(3,4)5/h6-9,12-14H,10-11H2,1-5H3,(H,24,26)(H2,25,27,28,29,30,31). The van der Waals surface area contributed by atoms with Crippen molar-refractivity contribution in [1.29, 1.82) is 0 Å². The number of hydrogen-bond acceptors (Lipinski definition) is 5. The largest absolute Gasteiger partial charge is 0.348 e. The molecular weight excluding hydrogens is 390 g/mol. The molecular formula is C23H29N7O. The van der Waals surface area contributed by atoms with Gasteiger partial charge in [0.25, 0.3) is 5.91 Å². The number of nitrogens with one attached hydrogen (secondary N) is 3. The zero-order valence-electron chi connectivity index (χ0n) is 18.7. The maximum Gasteiger partial charge on any atom is 0.257 e. The number of aromatic nitrogens is 4. The van der Waals surface area contributed by atoms with E-state index < -0.39 is 0 Å². The van der Waals surface area contributed by atoms with Crippen molar-refractivity contribution in [3.8, 4) is 0 Å². The number of nitrogens with zero attached hydrogens (tertiary/aromatic N) is 4. The number of H-pyrrole nitrogens is 1. The van der Waals surface area contributed by atoms with Crippen molar-refractivity contribution in [2.75, 3.05) is 11.9 Å². The highest BCUT2D eigenvalue weighted by Gasteiger charge is 2.15. The van der Waals surface area contributed by atoms with Gasteiger partial charge < -0.3 is 4.98 Å². The van der Waals surface area contributed by atoms with Crippen LogP contribution in [0.3, 0.4) is 0 Å². The van der Waals surface area contributed by atoms with E-state index >= 15 is 0 Å². The smallest absolute Gasteiger partial charge is 0.257 e. The molecule has 3 rings (SSSR count). The van der Waals surface area contributed by atoms with Gasteiger partial charge in [-0.1, -0.05) is 32.9 Å². The minimum absolute atomic E-state index is 0.0240. The number of anilines is 1. The summed E-state index contributed by atoms with van der Waals surface area (Å²) >= 11 is 0. The third kappa shape index (κ3) is 6.47. The summed E-state index contributed by atoms with van der Waals surface area (Å²) in [5, 5.41) is 5.90. The molecule has 0 aliphatic heterocycles. The Labute approximate surface area is 182 Å². The first-order valence-electron chi connectivity index (χ1n) is 10.2. The lowest BCUT2D eigenvalue weighted by molar-refractivity contribution is 0.0977. The quantitative estimate of drug-likeness (QED) is 0.433. The lowest BCUT2D eigenvalue weighted by Crippen LogP contribution is -2.37. The van der Waals surface area contributed by atoms with E-state index in [-0.39, 0.29) is 11.3 Å². The van der Waals surface area contributed by atoms with Crippen LogP contribution in [0.15, 0.2) is 47.8 Å². The first kappa shape index (κ1) is 22.1. The Bertz CT molecular complexity index is 1030. The van der Waals surface area contributed by atoms with Crippen molar-refractivity contribution in [1.82, 2.24) is 25.3 Å². The van der Waals surface area contributed by atoms with Crippen molar-refractivity contribution in [3.05, 3.63) is 71.1 Å². The molecule has 0 aliphatic rings. The van der Waals surface area contributed by atoms with Crippen molar-refractivity contribution < 1.29 is 4.79 Å². The van der Waals surface area contributed by atoms with Gasteiger partial charge in [0.05, 0.1) is 6.33 Å². The number of hydrogen-bond donors (Lipinski definition) is 3. The fourth-order valence-corrected chi connectivity index (χ4v) is 3.01. The number of carbonyl (C=O) groups excluding carboxylic acids is 1. The van der Waals surface area contributed by atoms with Gasteiger partial charge in [-0.15, -0.1) is 0 Å². The van der Waals surface area contributed by atoms with Gasteiger partial charge in [0.1, 0.15) is 0 Å². The first-order valence-corrected chi connectivity index (χ1v) is 10.2. The number of aromatic amines is 1. The number of amides is 1. The van der Waals surface area contributed by atoms with Crippen LogP contribution in [0.4, 0.5) is 5.95 Å². The lowest BCUT2D eigenvalue weighted by Gasteiger charge is -2.19. The monoisotopic (exact) mass is 419 g/mol. The van der Waals surface area contributed by atoms with Gasteiger partial charge in [-0.05, 0) is 43.0 Å². The third-order valence-electron chi connectivity index (χ3n) is 4.66. The van der Waals surface area contributed by atoms with Crippen LogP contribution in [0.1, 0.15) is 53.8 Å². The van der Waals surface area contributed by atoms with Crippen LogP contribution in [-0.4, -0.2) is 38.3 Å². The molecule has 162 valence electrons. The molecule has 3 aromatic rings. The Morgan fingerprint density at radius 3 is 2.35 bits per heavy atom. The normalized spacial score (nSPS) is 12.0. The van der Waals surface area contributed by atoms with Gasteiger partial charge in [-0.3, -0.25) is 20.4 Å². The molecule has 1 aromatic carbocycles. The molecule has 0 aliphatic carbocycles. The van der Waals surface area contributed by atoms with Crippen molar-refractivity contribution in [3.63, 3.8) is 0 Å². The Hall–Kier alpha value is -3.55. The molecule has 2 heterocycles. The average molecular weight is 420 g/mol. The zero-order chi connectivity index (χ0) is 22.4. The first-order chi connectivity index (χ1) is 14.7. The molecule has 1 amide bonds. The fourth-order valence-electron chi connectivity index (χ4n) is 3.01. The van der Waals surface area contributed by atoms with Gasteiger partial charge in [-0.2, -0.15) is 0 Å². The van der Waals surface area contributed by atoms with Crippen LogP contribution >= 0.6 is 0 Å². The summed E-state index contributed by atoms with van der Waals surface area (Å²) in [7, 11) is 0. The van der Waals surface area contributed by atoms with E-state index in [2.05, 4.69) is 56.3 Å². The SMILES string of the molecule is Cc1cc(C)nc(NC(=NCCc2cnc[nH]2)NC(=O)c2ccc(C(C)(C)C)cc2)n1. The van der Waals surface area contributed by atoms with Crippen LogP contribution in [0.25, 0.3) is 0 Å². The maximum absolute atomic E-state index is 12.8. The van der Waals surface area contributed by atoms with E-state index in [4.69, 9.17) is 0 Å². The second kappa shape index (κ2) is 9.51. The number of aryl methyl sites for hydroxylation is 2. The third-order valence-corrected chi connectivity index (χ3v) is 4.66. The minimum atomic E-state index is -0.252. The summed E-state index contributed by atoms with van der Waals surface area (Å²) in [4.78, 5) is 33.2. The predicted octanol–water partition coefficient (Wildman–Crippen LogP) is 3.55. The van der Waals surface area contributed by atoms with Gasteiger partial charge in [0.2, 0.25) is 11.9 Å². The maximum atomic E-state index is 12.8. The molecule has 0 bridgehead atoms. The second-order valence-electron chi connectivity index (χ2n) is 8.44. The number of imidazole rings is 1. The Kier molecular flexibility index (Phi) is 6.79. The molecule has 3 N–H and O–H groups in total. The summed E-state index contributed by atoms with van der Waals surface area (Å²) in [5.74, 6) is 0.438. The molecule has 0 fully saturated rings. The van der Waals surface area contributed by atoms with E-state index in [0.29, 0.717) is 30.4 Å². The molecule has 0 radical (unpaired) electrons. The number of guanidine groups is 1. The summed E-state index contributed by atoms with van der Waals surface area (Å²) in [5.41, 5.74) is 4.37. The Morgan fingerprint density at radius 2 is 1.77 bits per heavy atom. The summed E-state index contributed by atoms with van der Waals surface area (Å²) in [6.45, 7) is 10.7. The topological polar surface area (TPSA) is 108 Å². The highest BCUT2D eigenvalue weighted by molar-refractivity contribution is 6.09. The molecule has 0 unspecified atom stereocenters. The van der Waals surface area contributed by atoms with E-state index in [1.54, 1.807) is 12.5 Å². The zero-order valence-corrected chi connectivity index (χ0v) is 18.7. The van der Waals surface area contributed by atoms with E-state index in [9.17, 15) is 4.79 Å². The van der Waals surface area contributed by atoms with Crippen LogP contribution in [0.2, 0.25) is 0 Å². The van der Waals surface area contributed by atoms with E-state index in [0.717, 1.165) is 17.1 Å². The molecule has 0 saturated carbocycles. The highest BCUT2D eigenvalue weighted by Crippen LogP contribution is 2.22. The highest BCUT2D eigenvalue weighted by atomic mass is 16.1. The molecule has 0 spiro atoms. The summed E-state index contributed by atoms with van der Waals surface area (Å²) in [6, 6.07) is 9.49. The van der Waals surface area contributed by atoms with Crippen LogP contribution < -0.4 is 10.6 Å². The average Bonchev–Trinajstić information content (AvgIpc) is 3.20. The van der Waals surface area contributed by atoms with Crippen molar-refractivity contribution >= 4 is 17.8 Å². The second-order valence-corrected chi connectivity index (χ2v) is 8.44. The van der Waals surface area contributed by atoms with Crippen LogP contribution in [0, 0.1) is 13.8 Å². The van der Waals surface area contributed by atoms with Crippen molar-refractivity contribution in [2.24, 2.45) is 4.99 Å².